The van der Waals surface area contributed by atoms with Crippen molar-refractivity contribution in [1.82, 2.24) is 9.80 Å². The molecule has 16 heavy (non-hydrogen) atoms. The lowest BCUT2D eigenvalue weighted by atomic mass is 10.00. The summed E-state index contributed by atoms with van der Waals surface area (Å²) < 4.78 is 4.71. The highest BCUT2D eigenvalue weighted by Gasteiger charge is 2.35. The monoisotopic (exact) mass is 228 g/mol. The van der Waals surface area contributed by atoms with E-state index in [1.165, 1.54) is 0 Å². The Balaban J connectivity index is 2.62. The Bertz CT molecular complexity index is 289. The van der Waals surface area contributed by atoms with Crippen molar-refractivity contribution < 1.29 is 14.3 Å². The third kappa shape index (κ3) is 2.72. The van der Waals surface area contributed by atoms with E-state index in [0.717, 1.165) is 6.54 Å². The van der Waals surface area contributed by atoms with Crippen LogP contribution in [0.5, 0.6) is 0 Å². The Morgan fingerprint density at radius 2 is 1.94 bits per heavy atom. The van der Waals surface area contributed by atoms with Crippen LogP contribution in [0.1, 0.15) is 20.8 Å². The number of carbonyl (C=O) groups excluding carboxylic acids is 2. The summed E-state index contributed by atoms with van der Waals surface area (Å²) in [7, 11) is 2.02. The van der Waals surface area contributed by atoms with E-state index < -0.39 is 11.9 Å². The molecule has 1 heterocycles. The average Bonchev–Trinajstić information content (AvgIpc) is 2.21. The molecule has 1 aliphatic rings. The van der Waals surface area contributed by atoms with Crippen molar-refractivity contribution in [2.75, 3.05) is 33.3 Å². The molecule has 1 fully saturated rings. The molecule has 0 atom stereocenters. The molecule has 5 heteroatoms. The van der Waals surface area contributed by atoms with Crippen molar-refractivity contribution in [3.8, 4) is 0 Å². The summed E-state index contributed by atoms with van der Waals surface area (Å²) in [4.78, 5) is 26.8. The van der Waals surface area contributed by atoms with Crippen molar-refractivity contribution in [2.45, 2.75) is 26.3 Å². The maximum atomic E-state index is 11.7. The van der Waals surface area contributed by atoms with Crippen LogP contribution in [-0.2, 0) is 14.3 Å². The van der Waals surface area contributed by atoms with E-state index in [1.54, 1.807) is 11.8 Å². The molecule has 0 aromatic heterocycles. The highest BCUT2D eigenvalue weighted by atomic mass is 16.5. The molecule has 0 aromatic carbocycles. The van der Waals surface area contributed by atoms with Gasteiger partial charge in [-0.05, 0) is 27.8 Å². The molecule has 0 radical (unpaired) electrons. The zero-order valence-electron chi connectivity index (χ0n) is 10.4. The average molecular weight is 228 g/mol. The van der Waals surface area contributed by atoms with Crippen molar-refractivity contribution in [1.29, 1.82) is 0 Å². The van der Waals surface area contributed by atoms with Gasteiger partial charge in [0.15, 0.2) is 0 Å². The minimum Gasteiger partial charge on any atom is -0.459 e. The van der Waals surface area contributed by atoms with Crippen LogP contribution in [0, 0.1) is 0 Å². The van der Waals surface area contributed by atoms with Crippen molar-refractivity contribution in [3.63, 3.8) is 0 Å². The SMILES string of the molecule is CCOC(=O)C(=O)N1CCN(C)C(C)(C)C1. The molecule has 92 valence electrons. The molecule has 5 nitrogen and oxygen atoms in total. The van der Waals surface area contributed by atoms with Crippen LogP contribution in [0.25, 0.3) is 0 Å². The molecule has 0 unspecified atom stereocenters. The van der Waals surface area contributed by atoms with Crippen molar-refractivity contribution in [3.05, 3.63) is 0 Å². The molecule has 1 amide bonds. The van der Waals surface area contributed by atoms with Gasteiger partial charge >= 0.3 is 11.9 Å². The lowest BCUT2D eigenvalue weighted by Gasteiger charge is -2.44. The maximum absolute atomic E-state index is 11.7. The molecule has 0 bridgehead atoms. The number of nitrogens with zero attached hydrogens (tertiary/aromatic N) is 2. The lowest BCUT2D eigenvalue weighted by molar-refractivity contribution is -0.162. The van der Waals surface area contributed by atoms with Crippen LogP contribution in [0.15, 0.2) is 0 Å². The molecule has 0 aliphatic carbocycles. The first-order chi connectivity index (χ1) is 7.38. The Morgan fingerprint density at radius 1 is 1.31 bits per heavy atom. The van der Waals surface area contributed by atoms with Gasteiger partial charge in [-0.15, -0.1) is 0 Å². The standard InChI is InChI=1S/C11H20N2O3/c1-5-16-10(15)9(14)13-7-6-12(4)11(2,3)8-13/h5-8H2,1-4H3. The van der Waals surface area contributed by atoms with Crippen LogP contribution in [-0.4, -0.2) is 60.5 Å². The Labute approximate surface area is 96.3 Å². The number of hydrogen-bond acceptors (Lipinski definition) is 4. The molecule has 0 aromatic rings. The van der Waals surface area contributed by atoms with Gasteiger partial charge in [-0.3, -0.25) is 9.69 Å². The predicted octanol–water partition coefficient (Wildman–Crippen LogP) is 0.102. The summed E-state index contributed by atoms with van der Waals surface area (Å²) in [5, 5.41) is 0. The van der Waals surface area contributed by atoms with E-state index in [1.807, 2.05) is 7.05 Å². The number of piperazine rings is 1. The number of esters is 1. The third-order valence-corrected chi connectivity index (χ3v) is 3.05. The first kappa shape index (κ1) is 13.0. The zero-order chi connectivity index (χ0) is 12.3. The van der Waals surface area contributed by atoms with Crippen LogP contribution in [0.3, 0.4) is 0 Å². The molecule has 0 spiro atoms. The minimum absolute atomic E-state index is 0.0968. The number of amides is 1. The number of rotatable bonds is 1. The molecule has 0 N–H and O–H groups in total. The van der Waals surface area contributed by atoms with Gasteiger partial charge in [-0.1, -0.05) is 0 Å². The van der Waals surface area contributed by atoms with E-state index in [0.29, 0.717) is 13.1 Å². The summed E-state index contributed by atoms with van der Waals surface area (Å²) in [5.41, 5.74) is -0.0968. The Hall–Kier alpha value is -1.10. The molecule has 0 saturated carbocycles. The van der Waals surface area contributed by atoms with Gasteiger partial charge in [-0.25, -0.2) is 4.79 Å². The second-order valence-corrected chi connectivity index (χ2v) is 4.68. The van der Waals surface area contributed by atoms with E-state index >= 15 is 0 Å². The number of hydrogen-bond donors (Lipinski definition) is 0. The number of likely N-dealkylation sites (N-methyl/N-ethyl adjacent to an activating group) is 1. The highest BCUT2D eigenvalue weighted by Crippen LogP contribution is 2.18. The lowest BCUT2D eigenvalue weighted by Crippen LogP contribution is -2.60. The molecular weight excluding hydrogens is 208 g/mol. The van der Waals surface area contributed by atoms with Crippen LogP contribution >= 0.6 is 0 Å². The molecule has 1 rings (SSSR count). The van der Waals surface area contributed by atoms with Crippen LogP contribution in [0.2, 0.25) is 0 Å². The zero-order valence-corrected chi connectivity index (χ0v) is 10.4. The van der Waals surface area contributed by atoms with Gasteiger partial charge in [0.25, 0.3) is 0 Å². The van der Waals surface area contributed by atoms with E-state index in [9.17, 15) is 9.59 Å². The fraction of sp³-hybridized carbons (Fsp3) is 0.818. The summed E-state index contributed by atoms with van der Waals surface area (Å²) in [6, 6.07) is 0. The largest absolute Gasteiger partial charge is 0.459 e. The first-order valence-corrected chi connectivity index (χ1v) is 5.55. The van der Waals surface area contributed by atoms with Gasteiger partial charge in [0.2, 0.25) is 0 Å². The minimum atomic E-state index is -0.747. The summed E-state index contributed by atoms with van der Waals surface area (Å²) >= 11 is 0. The van der Waals surface area contributed by atoms with Crippen LogP contribution < -0.4 is 0 Å². The quantitative estimate of drug-likeness (QED) is 0.472. The molecule has 1 aliphatic heterocycles. The van der Waals surface area contributed by atoms with E-state index in [2.05, 4.69) is 18.7 Å². The Morgan fingerprint density at radius 3 is 2.44 bits per heavy atom. The maximum Gasteiger partial charge on any atom is 0.397 e. The molecule has 1 saturated heterocycles. The van der Waals surface area contributed by atoms with E-state index in [4.69, 9.17) is 4.74 Å². The highest BCUT2D eigenvalue weighted by molar-refractivity contribution is 6.32. The topological polar surface area (TPSA) is 49.9 Å². The second-order valence-electron chi connectivity index (χ2n) is 4.68. The van der Waals surface area contributed by atoms with Crippen LogP contribution in [0.4, 0.5) is 0 Å². The van der Waals surface area contributed by atoms with E-state index in [-0.39, 0.29) is 12.1 Å². The fourth-order valence-corrected chi connectivity index (χ4v) is 1.74. The van der Waals surface area contributed by atoms with Gasteiger partial charge in [0.05, 0.1) is 6.61 Å². The third-order valence-electron chi connectivity index (χ3n) is 3.05. The summed E-state index contributed by atoms with van der Waals surface area (Å²) in [6.07, 6.45) is 0. The predicted molar refractivity (Wildman–Crippen MR) is 59.9 cm³/mol. The Kier molecular flexibility index (Phi) is 3.91. The normalized spacial score (nSPS) is 20.6. The van der Waals surface area contributed by atoms with Crippen molar-refractivity contribution in [2.24, 2.45) is 0 Å². The fourth-order valence-electron chi connectivity index (χ4n) is 1.74. The number of ether oxygens (including phenoxy) is 1. The van der Waals surface area contributed by atoms with Gasteiger partial charge in [0.1, 0.15) is 0 Å². The van der Waals surface area contributed by atoms with Gasteiger partial charge in [0, 0.05) is 25.2 Å². The van der Waals surface area contributed by atoms with Gasteiger partial charge in [-0.2, -0.15) is 0 Å². The second kappa shape index (κ2) is 4.82. The number of carbonyl (C=O) groups is 2. The summed E-state index contributed by atoms with van der Waals surface area (Å²) in [5.74, 6) is -1.27. The smallest absolute Gasteiger partial charge is 0.397 e. The van der Waals surface area contributed by atoms with Gasteiger partial charge < -0.3 is 9.64 Å². The summed E-state index contributed by atoms with van der Waals surface area (Å²) in [6.45, 7) is 7.95. The molecular formula is C11H20N2O3. The van der Waals surface area contributed by atoms with Crippen molar-refractivity contribution >= 4 is 11.9 Å². The first-order valence-electron chi connectivity index (χ1n) is 5.55.